The molecule has 4 N–H and O–H groups in total. The summed E-state index contributed by atoms with van der Waals surface area (Å²) in [7, 11) is 1.60. The molecule has 3 aromatic rings. The number of carbonyl (C=O) groups is 3. The minimum absolute atomic E-state index is 0.150. The monoisotopic (exact) mass is 499 g/mol. The third kappa shape index (κ3) is 5.04. The molecule has 1 atom stereocenters. The number of hydrogen-bond acceptors (Lipinski definition) is 5. The number of halogens is 3. The van der Waals surface area contributed by atoms with E-state index in [4.69, 9.17) is 15.6 Å². The summed E-state index contributed by atoms with van der Waals surface area (Å²) in [6, 6.07) is 23.4. The van der Waals surface area contributed by atoms with Crippen LogP contribution in [-0.4, -0.2) is 52.1 Å². The van der Waals surface area contributed by atoms with Crippen molar-refractivity contribution in [1.29, 1.82) is 0 Å². The number of aliphatic carboxylic acids is 1. The lowest BCUT2D eigenvalue weighted by atomic mass is 9.81. The third-order valence-corrected chi connectivity index (χ3v) is 5.40. The van der Waals surface area contributed by atoms with Gasteiger partial charge in [0.05, 0.1) is 5.56 Å². The molecule has 0 saturated carbocycles. The SMILES string of the molecule is CN1C(=O)C(c2ccccc2)(c2cccc(-c3cccc(C(=O)O)c3)c2)N=C1N.O=C(O)C(F)(F)F. The Bertz CT molecular complexity index is 1340. The molecule has 1 amide bonds. The average Bonchev–Trinajstić information content (AvgIpc) is 3.09. The summed E-state index contributed by atoms with van der Waals surface area (Å²) >= 11 is 0. The Hall–Kier alpha value is -4.67. The van der Waals surface area contributed by atoms with Crippen molar-refractivity contribution in [2.24, 2.45) is 10.7 Å². The minimum Gasteiger partial charge on any atom is -0.478 e. The average molecular weight is 499 g/mol. The molecule has 0 aliphatic carbocycles. The Kier molecular flexibility index (Phi) is 7.14. The molecular weight excluding hydrogens is 479 g/mol. The predicted octanol–water partition coefficient (Wildman–Crippen LogP) is 3.72. The van der Waals surface area contributed by atoms with E-state index in [0.29, 0.717) is 11.1 Å². The largest absolute Gasteiger partial charge is 0.490 e. The Balaban J connectivity index is 0.000000454. The maximum atomic E-state index is 13.3. The van der Waals surface area contributed by atoms with E-state index in [0.717, 1.165) is 11.1 Å². The summed E-state index contributed by atoms with van der Waals surface area (Å²) < 4.78 is 31.7. The fraction of sp³-hybridized carbons (Fsp3) is 0.120. The maximum Gasteiger partial charge on any atom is 0.490 e. The van der Waals surface area contributed by atoms with Gasteiger partial charge in [0, 0.05) is 7.05 Å². The van der Waals surface area contributed by atoms with Crippen LogP contribution in [0.2, 0.25) is 0 Å². The van der Waals surface area contributed by atoms with Crippen LogP contribution >= 0.6 is 0 Å². The lowest BCUT2D eigenvalue weighted by Crippen LogP contribution is -2.41. The Morgan fingerprint density at radius 1 is 0.889 bits per heavy atom. The van der Waals surface area contributed by atoms with Crippen LogP contribution in [0.3, 0.4) is 0 Å². The summed E-state index contributed by atoms with van der Waals surface area (Å²) in [6.45, 7) is 0. The Morgan fingerprint density at radius 3 is 1.92 bits per heavy atom. The van der Waals surface area contributed by atoms with Crippen LogP contribution in [0.15, 0.2) is 83.9 Å². The first-order chi connectivity index (χ1) is 16.9. The van der Waals surface area contributed by atoms with E-state index >= 15 is 0 Å². The van der Waals surface area contributed by atoms with Crippen LogP contribution < -0.4 is 5.73 Å². The van der Waals surface area contributed by atoms with Gasteiger partial charge < -0.3 is 15.9 Å². The second-order valence-corrected chi connectivity index (χ2v) is 7.68. The van der Waals surface area contributed by atoms with Gasteiger partial charge in [-0.2, -0.15) is 13.2 Å². The Morgan fingerprint density at radius 2 is 1.42 bits per heavy atom. The number of aliphatic imine (C=N–C) groups is 1. The van der Waals surface area contributed by atoms with Crippen LogP contribution in [0.4, 0.5) is 13.2 Å². The van der Waals surface area contributed by atoms with Gasteiger partial charge in [-0.1, -0.05) is 60.7 Å². The molecule has 0 bridgehead atoms. The number of guanidine groups is 1. The van der Waals surface area contributed by atoms with Crippen LogP contribution in [0.5, 0.6) is 0 Å². The van der Waals surface area contributed by atoms with E-state index in [-0.39, 0.29) is 17.4 Å². The van der Waals surface area contributed by atoms with Crippen molar-refractivity contribution in [2.75, 3.05) is 7.05 Å². The van der Waals surface area contributed by atoms with E-state index in [1.807, 2.05) is 60.7 Å². The minimum atomic E-state index is -5.08. The van der Waals surface area contributed by atoms with Crippen molar-refractivity contribution >= 4 is 23.8 Å². The van der Waals surface area contributed by atoms with E-state index < -0.39 is 23.7 Å². The lowest BCUT2D eigenvalue weighted by molar-refractivity contribution is -0.192. The normalized spacial score (nSPS) is 17.2. The number of alkyl halides is 3. The van der Waals surface area contributed by atoms with E-state index in [2.05, 4.69) is 4.99 Å². The second kappa shape index (κ2) is 9.90. The van der Waals surface area contributed by atoms with Gasteiger partial charge in [-0.05, 0) is 40.5 Å². The zero-order valence-electron chi connectivity index (χ0n) is 18.7. The lowest BCUT2D eigenvalue weighted by Gasteiger charge is -2.26. The molecule has 4 rings (SSSR count). The molecule has 1 aliphatic rings. The highest BCUT2D eigenvalue weighted by atomic mass is 19.4. The highest BCUT2D eigenvalue weighted by Gasteiger charge is 2.49. The van der Waals surface area contributed by atoms with Crippen molar-refractivity contribution < 1.29 is 37.8 Å². The summed E-state index contributed by atoms with van der Waals surface area (Å²) in [5.74, 6) is -3.84. The number of carbonyl (C=O) groups excluding carboxylic acids is 1. The first kappa shape index (κ1) is 25.9. The highest BCUT2D eigenvalue weighted by molar-refractivity contribution is 6.09. The van der Waals surface area contributed by atoms with Gasteiger partial charge in [-0.25, -0.2) is 14.6 Å². The number of aromatic carboxylic acids is 1. The van der Waals surface area contributed by atoms with Crippen LogP contribution in [0, 0.1) is 0 Å². The summed E-state index contributed by atoms with van der Waals surface area (Å²) in [5.41, 5.74) is 7.85. The van der Waals surface area contributed by atoms with Crippen LogP contribution in [0.25, 0.3) is 11.1 Å². The molecule has 1 unspecified atom stereocenters. The molecular formula is C25H20F3N3O5. The topological polar surface area (TPSA) is 133 Å². The van der Waals surface area contributed by atoms with Crippen LogP contribution in [-0.2, 0) is 15.1 Å². The molecule has 1 aliphatic heterocycles. The first-order valence-corrected chi connectivity index (χ1v) is 10.3. The number of nitrogens with two attached hydrogens (primary N) is 1. The summed E-state index contributed by atoms with van der Waals surface area (Å²) in [6.07, 6.45) is -5.08. The zero-order valence-corrected chi connectivity index (χ0v) is 18.7. The predicted molar refractivity (Wildman–Crippen MR) is 124 cm³/mol. The molecule has 3 aromatic carbocycles. The van der Waals surface area contributed by atoms with Gasteiger partial charge in [0.15, 0.2) is 11.5 Å². The number of amides is 1. The summed E-state index contributed by atoms with van der Waals surface area (Å²) in [5, 5.41) is 16.4. The molecule has 0 spiro atoms. The standard InChI is InChI=1S/C23H19N3O3.C2HF3O2/c1-26-21(29)23(25-22(26)24,18-10-3-2-4-11-18)19-12-6-8-16(14-19)15-7-5-9-17(13-15)20(27)28;3-2(4,5)1(6)7/h2-14H,1H3,(H2,24,25)(H,27,28);(H,6,7). The van der Waals surface area contributed by atoms with Crippen molar-refractivity contribution in [3.8, 4) is 11.1 Å². The number of carboxylic acids is 2. The quantitative estimate of drug-likeness (QED) is 0.501. The fourth-order valence-electron chi connectivity index (χ4n) is 3.62. The van der Waals surface area contributed by atoms with Gasteiger partial charge in [0.2, 0.25) is 0 Å². The molecule has 186 valence electrons. The fourth-order valence-corrected chi connectivity index (χ4v) is 3.62. The first-order valence-electron chi connectivity index (χ1n) is 10.3. The van der Waals surface area contributed by atoms with Gasteiger partial charge in [-0.15, -0.1) is 0 Å². The van der Waals surface area contributed by atoms with Crippen LogP contribution in [0.1, 0.15) is 21.5 Å². The molecule has 0 saturated heterocycles. The third-order valence-electron chi connectivity index (χ3n) is 5.40. The van der Waals surface area contributed by atoms with Crippen molar-refractivity contribution in [3.63, 3.8) is 0 Å². The van der Waals surface area contributed by atoms with Gasteiger partial charge in [0.1, 0.15) is 0 Å². The van der Waals surface area contributed by atoms with E-state index in [1.54, 1.807) is 25.2 Å². The number of hydrogen-bond donors (Lipinski definition) is 3. The maximum absolute atomic E-state index is 13.3. The molecule has 11 heteroatoms. The van der Waals surface area contributed by atoms with E-state index in [9.17, 15) is 27.9 Å². The molecule has 0 aromatic heterocycles. The van der Waals surface area contributed by atoms with Gasteiger partial charge in [0.25, 0.3) is 5.91 Å². The molecule has 0 radical (unpaired) electrons. The smallest absolute Gasteiger partial charge is 0.478 e. The number of likely N-dealkylation sites (N-methyl/N-ethyl adjacent to an activating group) is 1. The number of nitrogens with zero attached hydrogens (tertiary/aromatic N) is 2. The number of carboxylic acid groups (broad SMARTS) is 2. The molecule has 0 fully saturated rings. The summed E-state index contributed by atoms with van der Waals surface area (Å²) in [4.78, 5) is 39.4. The van der Waals surface area contributed by atoms with Gasteiger partial charge in [-0.3, -0.25) is 9.69 Å². The van der Waals surface area contributed by atoms with Crippen molar-refractivity contribution in [3.05, 3.63) is 95.6 Å². The van der Waals surface area contributed by atoms with Crippen molar-refractivity contribution in [1.82, 2.24) is 4.90 Å². The highest BCUT2D eigenvalue weighted by Crippen LogP contribution is 2.40. The number of rotatable bonds is 4. The molecule has 1 heterocycles. The van der Waals surface area contributed by atoms with E-state index in [1.165, 1.54) is 4.90 Å². The molecule has 36 heavy (non-hydrogen) atoms. The van der Waals surface area contributed by atoms with Gasteiger partial charge >= 0.3 is 18.1 Å². The van der Waals surface area contributed by atoms with Crippen molar-refractivity contribution in [2.45, 2.75) is 11.7 Å². The molecule has 8 nitrogen and oxygen atoms in total. The Labute approximate surface area is 203 Å². The second-order valence-electron chi connectivity index (χ2n) is 7.68. The number of benzene rings is 3. The zero-order chi connectivity index (χ0) is 26.7.